The van der Waals surface area contributed by atoms with Crippen molar-refractivity contribution in [3.8, 4) is 5.88 Å². The number of pyridine rings is 1. The Hall–Kier alpha value is -1.86. The van der Waals surface area contributed by atoms with Crippen LogP contribution in [0.3, 0.4) is 0 Å². The van der Waals surface area contributed by atoms with Gasteiger partial charge in [0.25, 0.3) is 0 Å². The maximum Gasteiger partial charge on any atom is 0.213 e. The minimum Gasteiger partial charge on any atom is -0.475 e. The molecular weight excluding hydrogens is 332 g/mol. The molecule has 0 bridgehead atoms. The van der Waals surface area contributed by atoms with Crippen LogP contribution in [0.1, 0.15) is 32.3 Å². The summed E-state index contributed by atoms with van der Waals surface area (Å²) in [5.74, 6) is 1.57. The summed E-state index contributed by atoms with van der Waals surface area (Å²) < 4.78 is 16.2. The molecule has 1 saturated heterocycles. The summed E-state index contributed by atoms with van der Waals surface area (Å²) in [5, 5.41) is 3.39. The first-order valence-corrected chi connectivity index (χ1v) is 9.48. The van der Waals surface area contributed by atoms with Gasteiger partial charge in [0.05, 0.1) is 19.3 Å². The van der Waals surface area contributed by atoms with Crippen LogP contribution >= 0.6 is 0 Å². The Morgan fingerprint density at radius 2 is 2.08 bits per heavy atom. The van der Waals surface area contributed by atoms with Gasteiger partial charge in [0.15, 0.2) is 5.96 Å². The summed E-state index contributed by atoms with van der Waals surface area (Å²) in [4.78, 5) is 11.4. The molecule has 26 heavy (non-hydrogen) atoms. The third kappa shape index (κ3) is 6.80. The van der Waals surface area contributed by atoms with Crippen molar-refractivity contribution in [2.75, 3.05) is 46.6 Å². The van der Waals surface area contributed by atoms with Crippen LogP contribution in [-0.4, -0.2) is 68.5 Å². The first-order chi connectivity index (χ1) is 12.8. The Bertz CT molecular complexity index is 528. The van der Waals surface area contributed by atoms with Gasteiger partial charge >= 0.3 is 0 Å². The molecule has 1 fully saturated rings. The molecule has 1 N–H and O–H groups in total. The predicted octanol–water partition coefficient (Wildman–Crippen LogP) is 2.07. The SMILES string of the molecule is CCNC(=NCc1ccc(OCCOC)nc1)N1CCC(OCC)CC1. The molecule has 0 atom stereocenters. The molecular formula is C19H32N4O3. The molecule has 0 radical (unpaired) electrons. The summed E-state index contributed by atoms with van der Waals surface area (Å²) in [5.41, 5.74) is 1.06. The molecule has 2 heterocycles. The minimum absolute atomic E-state index is 0.383. The number of piperidine rings is 1. The molecule has 0 aliphatic carbocycles. The predicted molar refractivity (Wildman–Crippen MR) is 103 cm³/mol. The van der Waals surface area contributed by atoms with Crippen LogP contribution in [-0.2, 0) is 16.0 Å². The Morgan fingerprint density at radius 3 is 2.69 bits per heavy atom. The van der Waals surface area contributed by atoms with Gasteiger partial charge in [-0.2, -0.15) is 0 Å². The van der Waals surface area contributed by atoms with Crippen molar-refractivity contribution in [3.05, 3.63) is 23.9 Å². The highest BCUT2D eigenvalue weighted by Gasteiger charge is 2.21. The van der Waals surface area contributed by atoms with Crippen molar-refractivity contribution in [1.29, 1.82) is 0 Å². The van der Waals surface area contributed by atoms with E-state index in [4.69, 9.17) is 19.2 Å². The zero-order chi connectivity index (χ0) is 18.6. The summed E-state index contributed by atoms with van der Waals surface area (Å²) in [6.45, 7) is 9.39. The third-order valence-electron chi connectivity index (χ3n) is 4.23. The van der Waals surface area contributed by atoms with E-state index in [1.807, 2.05) is 18.3 Å². The number of nitrogens with zero attached hydrogens (tertiary/aromatic N) is 3. The molecule has 7 heteroatoms. The summed E-state index contributed by atoms with van der Waals surface area (Å²) in [7, 11) is 1.65. The van der Waals surface area contributed by atoms with Gasteiger partial charge in [-0.1, -0.05) is 6.07 Å². The first kappa shape index (κ1) is 20.5. The fourth-order valence-electron chi connectivity index (χ4n) is 2.88. The van der Waals surface area contributed by atoms with Gasteiger partial charge in [-0.3, -0.25) is 0 Å². The standard InChI is InChI=1S/C19H32N4O3/c1-4-20-19(23-10-8-17(9-11-23)25-5-2)22-15-16-6-7-18(21-14-16)26-13-12-24-3/h6-7,14,17H,4-5,8-13,15H2,1-3H3,(H,20,22). The second-order valence-electron chi connectivity index (χ2n) is 6.16. The van der Waals surface area contributed by atoms with Crippen LogP contribution in [0.5, 0.6) is 5.88 Å². The van der Waals surface area contributed by atoms with Crippen LogP contribution in [0.25, 0.3) is 0 Å². The van der Waals surface area contributed by atoms with Gasteiger partial charge in [-0.05, 0) is 32.3 Å². The summed E-state index contributed by atoms with van der Waals surface area (Å²) in [6.07, 6.45) is 4.30. The van der Waals surface area contributed by atoms with Gasteiger partial charge in [-0.25, -0.2) is 9.98 Å². The van der Waals surface area contributed by atoms with E-state index in [1.165, 1.54) is 0 Å². The fraction of sp³-hybridized carbons (Fsp3) is 0.684. The molecule has 146 valence electrons. The van der Waals surface area contributed by atoms with E-state index in [9.17, 15) is 0 Å². The summed E-state index contributed by atoms with van der Waals surface area (Å²) >= 11 is 0. The molecule has 1 aromatic heterocycles. The van der Waals surface area contributed by atoms with Crippen molar-refractivity contribution in [3.63, 3.8) is 0 Å². The van der Waals surface area contributed by atoms with Crippen LogP contribution in [0.4, 0.5) is 0 Å². The molecule has 2 rings (SSSR count). The number of hydrogen-bond donors (Lipinski definition) is 1. The van der Waals surface area contributed by atoms with Crippen LogP contribution in [0.15, 0.2) is 23.3 Å². The van der Waals surface area contributed by atoms with E-state index >= 15 is 0 Å². The Labute approximate surface area is 156 Å². The van der Waals surface area contributed by atoms with Gasteiger partial charge in [0.1, 0.15) is 6.61 Å². The van der Waals surface area contributed by atoms with Crippen molar-refractivity contribution < 1.29 is 14.2 Å². The molecule has 0 saturated carbocycles. The lowest BCUT2D eigenvalue weighted by Crippen LogP contribution is -2.47. The van der Waals surface area contributed by atoms with E-state index in [1.54, 1.807) is 7.11 Å². The number of likely N-dealkylation sites (tertiary alicyclic amines) is 1. The van der Waals surface area contributed by atoms with Gasteiger partial charge in [0.2, 0.25) is 5.88 Å². The zero-order valence-corrected chi connectivity index (χ0v) is 16.2. The second-order valence-corrected chi connectivity index (χ2v) is 6.16. The molecule has 1 aliphatic heterocycles. The smallest absolute Gasteiger partial charge is 0.213 e. The Kier molecular flexibility index (Phi) is 9.20. The zero-order valence-electron chi connectivity index (χ0n) is 16.2. The molecule has 0 spiro atoms. The number of rotatable bonds is 9. The lowest BCUT2D eigenvalue weighted by Gasteiger charge is -2.34. The van der Waals surface area contributed by atoms with E-state index in [0.29, 0.717) is 31.7 Å². The molecule has 1 aliphatic rings. The van der Waals surface area contributed by atoms with Crippen molar-refractivity contribution in [2.45, 2.75) is 39.3 Å². The molecule has 0 amide bonds. The van der Waals surface area contributed by atoms with E-state index < -0.39 is 0 Å². The Balaban J connectivity index is 1.88. The average molecular weight is 364 g/mol. The van der Waals surface area contributed by atoms with Gasteiger partial charge in [-0.15, -0.1) is 0 Å². The maximum absolute atomic E-state index is 5.73. The van der Waals surface area contributed by atoms with E-state index in [0.717, 1.165) is 50.6 Å². The normalized spacial score (nSPS) is 16.0. The third-order valence-corrected chi connectivity index (χ3v) is 4.23. The van der Waals surface area contributed by atoms with Crippen LogP contribution < -0.4 is 10.1 Å². The van der Waals surface area contributed by atoms with Crippen molar-refractivity contribution in [2.24, 2.45) is 4.99 Å². The topological polar surface area (TPSA) is 68.2 Å². The lowest BCUT2D eigenvalue weighted by atomic mass is 10.1. The molecule has 1 aromatic rings. The van der Waals surface area contributed by atoms with Gasteiger partial charge < -0.3 is 24.4 Å². The van der Waals surface area contributed by atoms with E-state index in [-0.39, 0.29) is 0 Å². The highest BCUT2D eigenvalue weighted by Crippen LogP contribution is 2.14. The largest absolute Gasteiger partial charge is 0.475 e. The number of hydrogen-bond acceptors (Lipinski definition) is 5. The first-order valence-electron chi connectivity index (χ1n) is 9.48. The molecule has 0 unspecified atom stereocenters. The van der Waals surface area contributed by atoms with Gasteiger partial charge in [0, 0.05) is 45.6 Å². The second kappa shape index (κ2) is 11.7. The maximum atomic E-state index is 5.73. The number of methoxy groups -OCH3 is 1. The number of ether oxygens (including phenoxy) is 3. The Morgan fingerprint density at radius 1 is 1.27 bits per heavy atom. The lowest BCUT2D eigenvalue weighted by molar-refractivity contribution is 0.0263. The monoisotopic (exact) mass is 364 g/mol. The number of guanidine groups is 1. The number of aliphatic imine (C=N–C) groups is 1. The van der Waals surface area contributed by atoms with Crippen molar-refractivity contribution >= 4 is 5.96 Å². The van der Waals surface area contributed by atoms with Crippen LogP contribution in [0.2, 0.25) is 0 Å². The summed E-state index contributed by atoms with van der Waals surface area (Å²) in [6, 6.07) is 3.88. The highest BCUT2D eigenvalue weighted by atomic mass is 16.5. The number of aromatic nitrogens is 1. The number of nitrogens with one attached hydrogen (secondary N) is 1. The molecule has 0 aromatic carbocycles. The quantitative estimate of drug-likeness (QED) is 0.411. The highest BCUT2D eigenvalue weighted by molar-refractivity contribution is 5.80. The molecule has 7 nitrogen and oxygen atoms in total. The van der Waals surface area contributed by atoms with Crippen molar-refractivity contribution in [1.82, 2.24) is 15.2 Å². The van der Waals surface area contributed by atoms with Crippen LogP contribution in [0, 0.1) is 0 Å². The van der Waals surface area contributed by atoms with E-state index in [2.05, 4.69) is 29.0 Å². The fourth-order valence-corrected chi connectivity index (χ4v) is 2.88. The minimum atomic E-state index is 0.383. The average Bonchev–Trinajstić information content (AvgIpc) is 2.67.